The van der Waals surface area contributed by atoms with E-state index < -0.39 is 0 Å². The fraction of sp³-hybridized carbons (Fsp3) is 0.235. The van der Waals surface area contributed by atoms with Crippen molar-refractivity contribution in [3.63, 3.8) is 0 Å². The van der Waals surface area contributed by atoms with Crippen LogP contribution in [-0.2, 0) is 13.6 Å². The summed E-state index contributed by atoms with van der Waals surface area (Å²) in [5.74, 6) is -0.0426. The molecule has 3 aromatic rings. The molecular formula is C17H19N3O. The summed E-state index contributed by atoms with van der Waals surface area (Å²) in [6, 6.07) is 7.78. The fourth-order valence-electron chi connectivity index (χ4n) is 2.55. The highest BCUT2D eigenvalue weighted by atomic mass is 16.1. The Kier molecular flexibility index (Phi) is 3.29. The van der Waals surface area contributed by atoms with Crippen LogP contribution in [0.1, 0.15) is 27.2 Å². The van der Waals surface area contributed by atoms with Crippen molar-refractivity contribution in [3.8, 4) is 0 Å². The van der Waals surface area contributed by atoms with Gasteiger partial charge in [-0.3, -0.25) is 4.79 Å². The second kappa shape index (κ2) is 5.13. The van der Waals surface area contributed by atoms with Crippen LogP contribution in [0.15, 0.2) is 36.7 Å². The number of benzene rings is 1. The number of aromatic nitrogens is 2. The minimum atomic E-state index is -0.0426. The Hall–Kier alpha value is -2.49. The van der Waals surface area contributed by atoms with E-state index in [0.717, 1.165) is 22.2 Å². The molecular weight excluding hydrogens is 262 g/mol. The van der Waals surface area contributed by atoms with Crippen LogP contribution >= 0.6 is 0 Å². The smallest absolute Gasteiger partial charge is 0.251 e. The fourth-order valence-corrected chi connectivity index (χ4v) is 2.55. The van der Waals surface area contributed by atoms with Crippen LogP contribution in [0.2, 0.25) is 0 Å². The maximum atomic E-state index is 12.3. The van der Waals surface area contributed by atoms with E-state index in [1.54, 1.807) is 0 Å². The zero-order valence-corrected chi connectivity index (χ0v) is 12.5. The second-order valence-corrected chi connectivity index (χ2v) is 5.50. The number of carbonyl (C=O) groups excluding carboxylic acids is 1. The Labute approximate surface area is 123 Å². The van der Waals surface area contributed by atoms with E-state index in [-0.39, 0.29) is 5.91 Å². The van der Waals surface area contributed by atoms with Gasteiger partial charge in [-0.1, -0.05) is 0 Å². The van der Waals surface area contributed by atoms with Gasteiger partial charge < -0.3 is 14.9 Å². The van der Waals surface area contributed by atoms with E-state index in [2.05, 4.69) is 17.2 Å². The number of H-pyrrole nitrogens is 1. The Morgan fingerprint density at radius 3 is 2.81 bits per heavy atom. The van der Waals surface area contributed by atoms with Crippen LogP contribution < -0.4 is 5.32 Å². The minimum Gasteiger partial charge on any atom is -0.358 e. The lowest BCUT2D eigenvalue weighted by molar-refractivity contribution is 0.0951. The largest absolute Gasteiger partial charge is 0.358 e. The van der Waals surface area contributed by atoms with Gasteiger partial charge in [-0.05, 0) is 49.2 Å². The first-order valence-corrected chi connectivity index (χ1v) is 7.02. The number of aromatic amines is 1. The van der Waals surface area contributed by atoms with E-state index in [9.17, 15) is 4.79 Å². The lowest BCUT2D eigenvalue weighted by atomic mass is 10.1. The molecule has 0 unspecified atom stereocenters. The number of hydrogen-bond donors (Lipinski definition) is 2. The number of hydrogen-bond acceptors (Lipinski definition) is 1. The van der Waals surface area contributed by atoms with Crippen LogP contribution in [0.5, 0.6) is 0 Å². The number of nitrogens with one attached hydrogen (secondary N) is 2. The topological polar surface area (TPSA) is 49.8 Å². The lowest BCUT2D eigenvalue weighted by Gasteiger charge is -2.04. The van der Waals surface area contributed by atoms with Gasteiger partial charge in [-0.25, -0.2) is 0 Å². The Morgan fingerprint density at radius 2 is 2.10 bits per heavy atom. The molecule has 0 atom stereocenters. The molecule has 2 N–H and O–H groups in total. The van der Waals surface area contributed by atoms with Crippen LogP contribution in [-0.4, -0.2) is 15.5 Å². The molecule has 2 heterocycles. The van der Waals surface area contributed by atoms with E-state index >= 15 is 0 Å². The molecule has 0 saturated heterocycles. The van der Waals surface area contributed by atoms with Gasteiger partial charge in [0.2, 0.25) is 0 Å². The summed E-state index contributed by atoms with van der Waals surface area (Å²) in [7, 11) is 1.97. The van der Waals surface area contributed by atoms with Crippen LogP contribution in [0.4, 0.5) is 0 Å². The van der Waals surface area contributed by atoms with Crippen LogP contribution in [0.25, 0.3) is 10.9 Å². The highest BCUT2D eigenvalue weighted by molar-refractivity contribution is 5.99. The molecule has 0 spiro atoms. The first-order chi connectivity index (χ1) is 10.0. The van der Waals surface area contributed by atoms with Gasteiger partial charge in [-0.2, -0.15) is 0 Å². The summed E-state index contributed by atoms with van der Waals surface area (Å²) in [4.78, 5) is 15.6. The van der Waals surface area contributed by atoms with Crippen molar-refractivity contribution in [2.45, 2.75) is 20.4 Å². The molecule has 0 fully saturated rings. The first kappa shape index (κ1) is 13.5. The number of aryl methyl sites for hydroxylation is 3. The highest BCUT2D eigenvalue weighted by Crippen LogP contribution is 2.22. The molecule has 21 heavy (non-hydrogen) atoms. The normalized spacial score (nSPS) is 11.0. The number of nitrogens with zero attached hydrogens (tertiary/aromatic N) is 1. The third-order valence-electron chi connectivity index (χ3n) is 3.92. The average Bonchev–Trinajstić information content (AvgIpc) is 3.01. The van der Waals surface area contributed by atoms with Gasteiger partial charge in [0.15, 0.2) is 0 Å². The zero-order valence-electron chi connectivity index (χ0n) is 12.5. The number of carbonyl (C=O) groups is 1. The summed E-state index contributed by atoms with van der Waals surface area (Å²) in [6.45, 7) is 4.66. The number of rotatable bonds is 3. The van der Waals surface area contributed by atoms with Crippen molar-refractivity contribution in [2.75, 3.05) is 0 Å². The Balaban J connectivity index is 1.79. The maximum absolute atomic E-state index is 12.3. The quantitative estimate of drug-likeness (QED) is 0.761. The Bertz CT molecular complexity index is 811. The third kappa shape index (κ3) is 2.57. The van der Waals surface area contributed by atoms with Crippen LogP contribution in [0.3, 0.4) is 0 Å². The van der Waals surface area contributed by atoms with Gasteiger partial charge in [0.25, 0.3) is 5.91 Å². The summed E-state index contributed by atoms with van der Waals surface area (Å²) in [5, 5.41) is 4.07. The van der Waals surface area contributed by atoms with Crippen molar-refractivity contribution >= 4 is 16.8 Å². The van der Waals surface area contributed by atoms with E-state index in [4.69, 9.17) is 0 Å². The zero-order chi connectivity index (χ0) is 15.0. The standard InChI is InChI=1S/C17H19N3O/c1-11-12(2)19-16-5-4-14(8-15(11)16)17(21)18-9-13-6-7-20(3)10-13/h4-8,10,19H,9H2,1-3H3,(H,18,21). The van der Waals surface area contributed by atoms with Gasteiger partial charge in [0.1, 0.15) is 0 Å². The van der Waals surface area contributed by atoms with Crippen molar-refractivity contribution in [3.05, 3.63) is 59.0 Å². The lowest BCUT2D eigenvalue weighted by Crippen LogP contribution is -2.22. The van der Waals surface area contributed by atoms with E-state index in [0.29, 0.717) is 12.1 Å². The number of amides is 1. The molecule has 0 aliphatic rings. The Morgan fingerprint density at radius 1 is 1.29 bits per heavy atom. The maximum Gasteiger partial charge on any atom is 0.251 e. The molecule has 108 valence electrons. The summed E-state index contributed by atoms with van der Waals surface area (Å²) >= 11 is 0. The predicted octanol–water partition coefficient (Wildman–Crippen LogP) is 3.05. The van der Waals surface area contributed by atoms with Crippen LogP contribution in [0, 0.1) is 13.8 Å². The average molecular weight is 281 g/mol. The van der Waals surface area contributed by atoms with E-state index in [1.165, 1.54) is 5.56 Å². The molecule has 0 aliphatic heterocycles. The van der Waals surface area contributed by atoms with Gasteiger partial charge in [0.05, 0.1) is 0 Å². The van der Waals surface area contributed by atoms with E-state index in [1.807, 2.05) is 55.2 Å². The highest BCUT2D eigenvalue weighted by Gasteiger charge is 2.10. The molecule has 0 bridgehead atoms. The van der Waals surface area contributed by atoms with Crippen molar-refractivity contribution in [1.29, 1.82) is 0 Å². The van der Waals surface area contributed by atoms with Crippen molar-refractivity contribution in [2.24, 2.45) is 7.05 Å². The van der Waals surface area contributed by atoms with Crippen molar-refractivity contribution in [1.82, 2.24) is 14.9 Å². The monoisotopic (exact) mass is 281 g/mol. The van der Waals surface area contributed by atoms with Gasteiger partial charge in [-0.15, -0.1) is 0 Å². The molecule has 2 aromatic heterocycles. The van der Waals surface area contributed by atoms with Gasteiger partial charge >= 0.3 is 0 Å². The second-order valence-electron chi connectivity index (χ2n) is 5.50. The number of fused-ring (bicyclic) bond motifs is 1. The molecule has 4 heteroatoms. The predicted molar refractivity (Wildman–Crippen MR) is 84.4 cm³/mol. The molecule has 0 aliphatic carbocycles. The summed E-state index contributed by atoms with van der Waals surface area (Å²) in [5.41, 5.74) is 5.21. The van der Waals surface area contributed by atoms with Crippen molar-refractivity contribution < 1.29 is 4.79 Å². The third-order valence-corrected chi connectivity index (χ3v) is 3.92. The van der Waals surface area contributed by atoms with Gasteiger partial charge in [0, 0.05) is 48.1 Å². The molecule has 4 nitrogen and oxygen atoms in total. The first-order valence-electron chi connectivity index (χ1n) is 7.02. The molecule has 1 amide bonds. The summed E-state index contributed by atoms with van der Waals surface area (Å²) < 4.78 is 1.97. The molecule has 0 saturated carbocycles. The molecule has 0 radical (unpaired) electrons. The SMILES string of the molecule is Cc1[nH]c2ccc(C(=O)NCc3ccn(C)c3)cc2c1C. The molecule has 1 aromatic carbocycles. The summed E-state index contributed by atoms with van der Waals surface area (Å²) in [6.07, 6.45) is 3.97. The molecule has 3 rings (SSSR count). The minimum absolute atomic E-state index is 0.0426.